The second-order valence-electron chi connectivity index (χ2n) is 4.04. The molecule has 0 aromatic heterocycles. The molecule has 0 saturated carbocycles. The number of carbonyl (C=O) groups excluding carboxylic acids is 2. The molecule has 0 unspecified atom stereocenters. The second-order valence-corrected chi connectivity index (χ2v) is 4.04. The third-order valence-electron chi connectivity index (χ3n) is 2.45. The van der Waals surface area contributed by atoms with Crippen LogP contribution in [0.2, 0.25) is 0 Å². The van der Waals surface area contributed by atoms with Crippen LogP contribution in [-0.2, 0) is 9.59 Å². The summed E-state index contributed by atoms with van der Waals surface area (Å²) in [4.78, 5) is 34.9. The lowest BCUT2D eigenvalue weighted by Crippen LogP contribution is -2.36. The minimum Gasteiger partial charge on any atom is -0.482 e. The number of likely N-dealkylation sites (N-methyl/N-ethyl adjacent to an activating group) is 2. The highest BCUT2D eigenvalue weighted by atomic mass is 16.5. The first-order valence-corrected chi connectivity index (χ1v) is 5.84. The van der Waals surface area contributed by atoms with Gasteiger partial charge in [-0.25, -0.2) is 4.79 Å². The van der Waals surface area contributed by atoms with Crippen LogP contribution < -0.4 is 10.1 Å². The Hall–Kier alpha value is -2.57. The summed E-state index contributed by atoms with van der Waals surface area (Å²) in [5, 5.41) is 10.9. The molecule has 1 aromatic rings. The monoisotopic (exact) mass is 280 g/mol. The molecule has 1 rings (SSSR count). The number of carboxylic acid groups (broad SMARTS) is 1. The van der Waals surface area contributed by atoms with Crippen LogP contribution in [0.15, 0.2) is 24.3 Å². The summed E-state index contributed by atoms with van der Waals surface area (Å²) in [7, 11) is 2.99. The topological polar surface area (TPSA) is 95.9 Å². The minimum atomic E-state index is -1.10. The standard InChI is InChI=1S/C13H16N2O5/c1-14-11(16)7-15(2)13(19)9-4-3-5-10(6-9)20-8-12(17)18/h3-6H,7-8H2,1-2H3,(H,14,16)(H,17,18). The highest BCUT2D eigenvalue weighted by Crippen LogP contribution is 2.14. The summed E-state index contributed by atoms with van der Waals surface area (Å²) in [6.07, 6.45) is 0. The van der Waals surface area contributed by atoms with Crippen LogP contribution in [0, 0.1) is 0 Å². The van der Waals surface area contributed by atoms with E-state index in [1.165, 1.54) is 25.1 Å². The molecule has 0 fully saturated rings. The van der Waals surface area contributed by atoms with Gasteiger partial charge in [0.2, 0.25) is 5.91 Å². The van der Waals surface area contributed by atoms with E-state index in [4.69, 9.17) is 9.84 Å². The van der Waals surface area contributed by atoms with Crippen LogP contribution in [0.25, 0.3) is 0 Å². The predicted molar refractivity (Wildman–Crippen MR) is 70.6 cm³/mol. The maximum atomic E-state index is 12.1. The normalized spacial score (nSPS) is 9.70. The number of nitrogens with one attached hydrogen (secondary N) is 1. The van der Waals surface area contributed by atoms with Crippen molar-refractivity contribution >= 4 is 17.8 Å². The molecule has 0 saturated heterocycles. The highest BCUT2D eigenvalue weighted by molar-refractivity contribution is 5.96. The average molecular weight is 280 g/mol. The summed E-state index contributed by atoms with van der Waals surface area (Å²) in [5.74, 6) is -1.45. The molecule has 108 valence electrons. The third-order valence-corrected chi connectivity index (χ3v) is 2.45. The zero-order valence-corrected chi connectivity index (χ0v) is 11.3. The summed E-state index contributed by atoms with van der Waals surface area (Å²) < 4.78 is 4.99. The Morgan fingerprint density at radius 1 is 1.35 bits per heavy atom. The lowest BCUT2D eigenvalue weighted by atomic mass is 10.2. The van der Waals surface area contributed by atoms with E-state index in [0.29, 0.717) is 5.56 Å². The first-order valence-electron chi connectivity index (χ1n) is 5.84. The number of nitrogens with zero attached hydrogens (tertiary/aromatic N) is 1. The fourth-order valence-corrected chi connectivity index (χ4v) is 1.45. The van der Waals surface area contributed by atoms with Crippen LogP contribution in [0.5, 0.6) is 5.75 Å². The first kappa shape index (κ1) is 15.5. The van der Waals surface area contributed by atoms with Crippen molar-refractivity contribution in [1.82, 2.24) is 10.2 Å². The number of rotatable bonds is 6. The molecule has 0 heterocycles. The Kier molecular flexibility index (Phi) is 5.52. The Morgan fingerprint density at radius 3 is 2.65 bits per heavy atom. The van der Waals surface area contributed by atoms with E-state index in [2.05, 4.69) is 5.32 Å². The summed E-state index contributed by atoms with van der Waals surface area (Å²) >= 11 is 0. The Bertz CT molecular complexity index is 515. The molecule has 0 atom stereocenters. The van der Waals surface area contributed by atoms with Crippen molar-refractivity contribution in [2.75, 3.05) is 27.2 Å². The van der Waals surface area contributed by atoms with E-state index < -0.39 is 12.6 Å². The van der Waals surface area contributed by atoms with Crippen molar-refractivity contribution < 1.29 is 24.2 Å². The van der Waals surface area contributed by atoms with Crippen molar-refractivity contribution in [3.63, 3.8) is 0 Å². The Labute approximate surface area is 116 Å². The molecule has 0 radical (unpaired) electrons. The van der Waals surface area contributed by atoms with Gasteiger partial charge in [-0.2, -0.15) is 0 Å². The Balaban J connectivity index is 2.75. The van der Waals surface area contributed by atoms with E-state index in [0.717, 1.165) is 0 Å². The maximum Gasteiger partial charge on any atom is 0.341 e. The average Bonchev–Trinajstić information content (AvgIpc) is 2.44. The number of ether oxygens (including phenoxy) is 1. The summed E-state index contributed by atoms with van der Waals surface area (Å²) in [6.45, 7) is -0.540. The predicted octanol–water partition coefficient (Wildman–Crippen LogP) is -0.0320. The molecule has 7 heteroatoms. The van der Waals surface area contributed by atoms with E-state index in [1.54, 1.807) is 18.2 Å². The lowest BCUT2D eigenvalue weighted by Gasteiger charge is -2.16. The number of carbonyl (C=O) groups is 3. The number of hydrogen-bond acceptors (Lipinski definition) is 4. The molecule has 0 aliphatic heterocycles. The van der Waals surface area contributed by atoms with Gasteiger partial charge in [0.1, 0.15) is 5.75 Å². The van der Waals surface area contributed by atoms with Gasteiger partial charge in [0.05, 0.1) is 6.54 Å². The van der Waals surface area contributed by atoms with Crippen molar-refractivity contribution in [1.29, 1.82) is 0 Å². The summed E-state index contributed by atoms with van der Waals surface area (Å²) in [5.41, 5.74) is 0.319. The van der Waals surface area contributed by atoms with Crippen molar-refractivity contribution in [2.24, 2.45) is 0 Å². The fourth-order valence-electron chi connectivity index (χ4n) is 1.45. The van der Waals surface area contributed by atoms with E-state index in [1.807, 2.05) is 0 Å². The number of amides is 2. The molecular weight excluding hydrogens is 264 g/mol. The van der Waals surface area contributed by atoms with Crippen molar-refractivity contribution in [3.8, 4) is 5.75 Å². The van der Waals surface area contributed by atoms with Gasteiger partial charge in [-0.15, -0.1) is 0 Å². The van der Waals surface area contributed by atoms with Gasteiger partial charge in [-0.3, -0.25) is 9.59 Å². The van der Waals surface area contributed by atoms with E-state index >= 15 is 0 Å². The molecule has 20 heavy (non-hydrogen) atoms. The van der Waals surface area contributed by atoms with Gasteiger partial charge < -0.3 is 20.1 Å². The first-order chi connectivity index (χ1) is 9.43. The van der Waals surface area contributed by atoms with Gasteiger partial charge in [-0.1, -0.05) is 6.07 Å². The fraction of sp³-hybridized carbons (Fsp3) is 0.308. The number of aliphatic carboxylic acids is 1. The molecule has 2 amide bonds. The molecule has 0 aliphatic rings. The number of carboxylic acids is 1. The largest absolute Gasteiger partial charge is 0.482 e. The maximum absolute atomic E-state index is 12.1. The van der Waals surface area contributed by atoms with E-state index in [-0.39, 0.29) is 24.1 Å². The third kappa shape index (κ3) is 4.60. The van der Waals surface area contributed by atoms with Crippen LogP contribution in [0.3, 0.4) is 0 Å². The van der Waals surface area contributed by atoms with E-state index in [9.17, 15) is 14.4 Å². The van der Waals surface area contributed by atoms with Gasteiger partial charge in [0.25, 0.3) is 5.91 Å². The second kappa shape index (κ2) is 7.13. The molecule has 7 nitrogen and oxygen atoms in total. The quantitative estimate of drug-likeness (QED) is 0.762. The van der Waals surface area contributed by atoms with Gasteiger partial charge in [0.15, 0.2) is 6.61 Å². The minimum absolute atomic E-state index is 0.0600. The van der Waals surface area contributed by atoms with Crippen molar-refractivity contribution in [3.05, 3.63) is 29.8 Å². The molecule has 0 bridgehead atoms. The van der Waals surface area contributed by atoms with Crippen molar-refractivity contribution in [2.45, 2.75) is 0 Å². The Morgan fingerprint density at radius 2 is 2.05 bits per heavy atom. The molecule has 0 spiro atoms. The molecular formula is C13H16N2O5. The zero-order valence-electron chi connectivity index (χ0n) is 11.3. The SMILES string of the molecule is CNC(=O)CN(C)C(=O)c1cccc(OCC(=O)O)c1. The van der Waals surface area contributed by atoms with Gasteiger partial charge >= 0.3 is 5.97 Å². The lowest BCUT2D eigenvalue weighted by molar-refractivity contribution is -0.139. The van der Waals surface area contributed by atoms with Crippen LogP contribution in [-0.4, -0.2) is 55.0 Å². The van der Waals surface area contributed by atoms with Gasteiger partial charge in [0, 0.05) is 19.7 Å². The molecule has 2 N–H and O–H groups in total. The van der Waals surface area contributed by atoms with Crippen LogP contribution in [0.4, 0.5) is 0 Å². The van der Waals surface area contributed by atoms with Gasteiger partial charge in [-0.05, 0) is 18.2 Å². The van der Waals surface area contributed by atoms with Crippen LogP contribution in [0.1, 0.15) is 10.4 Å². The highest BCUT2D eigenvalue weighted by Gasteiger charge is 2.15. The zero-order chi connectivity index (χ0) is 15.1. The molecule has 1 aromatic carbocycles. The number of hydrogen-bond donors (Lipinski definition) is 2. The summed E-state index contributed by atoms with van der Waals surface area (Å²) in [6, 6.07) is 6.14. The number of benzene rings is 1. The molecule has 0 aliphatic carbocycles. The van der Waals surface area contributed by atoms with Crippen LogP contribution >= 0.6 is 0 Å². The smallest absolute Gasteiger partial charge is 0.341 e.